The number of carbonyl (C=O) groups excluding carboxylic acids is 3. The molecule has 0 aromatic carbocycles. The molecule has 0 fully saturated rings. The number of ether oxygens (including phenoxy) is 1. The van der Waals surface area contributed by atoms with E-state index >= 15 is 0 Å². The van der Waals surface area contributed by atoms with Crippen LogP contribution in [0.15, 0.2) is 33.9 Å². The molecule has 2 aromatic rings. The van der Waals surface area contributed by atoms with E-state index in [-0.39, 0.29) is 30.0 Å². The molecule has 0 aliphatic rings. The molecule has 2 aromatic heterocycles. The summed E-state index contributed by atoms with van der Waals surface area (Å²) in [6, 6.07) is 6.05. The van der Waals surface area contributed by atoms with Crippen molar-refractivity contribution < 1.29 is 23.5 Å². The van der Waals surface area contributed by atoms with Gasteiger partial charge in [0.2, 0.25) is 5.91 Å². The van der Waals surface area contributed by atoms with Crippen molar-refractivity contribution in [2.45, 2.75) is 25.4 Å². The largest absolute Gasteiger partial charge is 0.467 e. The predicted octanol–water partition coefficient (Wildman–Crippen LogP) is 2.15. The number of nitrogens with zero attached hydrogens (tertiary/aromatic N) is 2. The van der Waals surface area contributed by atoms with E-state index in [4.69, 9.17) is 9.15 Å². The summed E-state index contributed by atoms with van der Waals surface area (Å²) in [5.74, 6) is -0.697. The second kappa shape index (κ2) is 10.1. The van der Waals surface area contributed by atoms with Crippen LogP contribution in [0.4, 0.5) is 4.79 Å². The quantitative estimate of drug-likeness (QED) is 0.531. The van der Waals surface area contributed by atoms with Gasteiger partial charge in [-0.1, -0.05) is 11.8 Å². The summed E-state index contributed by atoms with van der Waals surface area (Å²) in [6.07, 6.45) is 1.48. The zero-order valence-corrected chi connectivity index (χ0v) is 16.1. The van der Waals surface area contributed by atoms with Crippen LogP contribution in [0.1, 0.15) is 34.3 Å². The summed E-state index contributed by atoms with van der Waals surface area (Å²) in [7, 11) is 0. The number of nitrogens with one attached hydrogen (secondary N) is 2. The van der Waals surface area contributed by atoms with Crippen molar-refractivity contribution in [3.05, 3.63) is 47.0 Å². The molecule has 0 spiro atoms. The lowest BCUT2D eigenvalue weighted by atomic mass is 10.1. The molecule has 0 radical (unpaired) electrons. The van der Waals surface area contributed by atoms with Gasteiger partial charge in [0.1, 0.15) is 16.9 Å². The van der Waals surface area contributed by atoms with Crippen LogP contribution in [0, 0.1) is 18.3 Å². The number of aryl methyl sites for hydroxylation is 1. The van der Waals surface area contributed by atoms with Crippen molar-refractivity contribution in [3.8, 4) is 6.07 Å². The summed E-state index contributed by atoms with van der Waals surface area (Å²) >= 11 is 0.989. The topological polar surface area (TPSA) is 134 Å². The van der Waals surface area contributed by atoms with Crippen LogP contribution >= 0.6 is 11.8 Å². The first-order chi connectivity index (χ1) is 13.4. The van der Waals surface area contributed by atoms with Gasteiger partial charge < -0.3 is 14.5 Å². The number of amides is 3. The zero-order chi connectivity index (χ0) is 20.5. The fourth-order valence-corrected chi connectivity index (χ4v) is 2.91. The molecule has 2 N–H and O–H groups in total. The molecule has 0 unspecified atom stereocenters. The molecular weight excluding hydrogens is 384 g/mol. The highest BCUT2D eigenvalue weighted by Crippen LogP contribution is 2.23. The molecule has 0 aliphatic carbocycles. The Balaban J connectivity index is 1.93. The van der Waals surface area contributed by atoms with Gasteiger partial charge in [0.05, 0.1) is 42.0 Å². The molecule has 2 rings (SSSR count). The Morgan fingerprint density at radius 1 is 1.39 bits per heavy atom. The molecule has 0 aliphatic heterocycles. The van der Waals surface area contributed by atoms with Crippen LogP contribution in [-0.2, 0) is 16.1 Å². The fourth-order valence-electron chi connectivity index (χ4n) is 2.11. The number of rotatable bonds is 7. The number of furan rings is 1. The Kier molecular flexibility index (Phi) is 7.59. The van der Waals surface area contributed by atoms with Crippen molar-refractivity contribution in [1.82, 2.24) is 15.6 Å². The lowest BCUT2D eigenvalue weighted by Gasteiger charge is -2.09. The first-order valence-corrected chi connectivity index (χ1v) is 9.24. The van der Waals surface area contributed by atoms with Gasteiger partial charge >= 0.3 is 12.0 Å². The maximum Gasteiger partial charge on any atom is 0.340 e. The molecule has 9 nitrogen and oxygen atoms in total. The van der Waals surface area contributed by atoms with E-state index in [1.165, 1.54) is 12.3 Å². The summed E-state index contributed by atoms with van der Waals surface area (Å²) in [5.41, 5.74) is 0.731. The molecule has 3 amide bonds. The van der Waals surface area contributed by atoms with E-state index in [0.29, 0.717) is 16.5 Å². The molecule has 0 saturated heterocycles. The number of hydrogen-bond acceptors (Lipinski definition) is 8. The van der Waals surface area contributed by atoms with Crippen LogP contribution < -0.4 is 10.6 Å². The minimum Gasteiger partial charge on any atom is -0.467 e. The van der Waals surface area contributed by atoms with Gasteiger partial charge in [-0.25, -0.2) is 14.6 Å². The number of thioether (sulfide) groups is 1. The van der Waals surface area contributed by atoms with Crippen LogP contribution in [0.3, 0.4) is 0 Å². The third-order valence-electron chi connectivity index (χ3n) is 3.39. The SMILES string of the molecule is CCOC(=O)c1cc(C#N)c(SCC(=O)NC(=O)NCc2ccco2)nc1C. The number of pyridine rings is 1. The van der Waals surface area contributed by atoms with Gasteiger partial charge in [0.25, 0.3) is 0 Å². The summed E-state index contributed by atoms with van der Waals surface area (Å²) < 4.78 is 10.00. The van der Waals surface area contributed by atoms with E-state index in [0.717, 1.165) is 11.8 Å². The maximum absolute atomic E-state index is 11.9. The average molecular weight is 402 g/mol. The average Bonchev–Trinajstić information content (AvgIpc) is 3.18. The van der Waals surface area contributed by atoms with E-state index in [1.807, 2.05) is 6.07 Å². The molecule has 0 bridgehead atoms. The molecule has 28 heavy (non-hydrogen) atoms. The van der Waals surface area contributed by atoms with Gasteiger partial charge in [0.15, 0.2) is 0 Å². The van der Waals surface area contributed by atoms with Gasteiger partial charge in [0, 0.05) is 0 Å². The normalized spacial score (nSPS) is 10.0. The van der Waals surface area contributed by atoms with E-state index < -0.39 is 17.9 Å². The lowest BCUT2D eigenvalue weighted by molar-refractivity contribution is -0.117. The number of aromatic nitrogens is 1. The van der Waals surface area contributed by atoms with Gasteiger partial charge in [-0.2, -0.15) is 5.26 Å². The van der Waals surface area contributed by atoms with Gasteiger partial charge in [-0.15, -0.1) is 0 Å². The fraction of sp³-hybridized carbons (Fsp3) is 0.278. The predicted molar refractivity (Wildman–Crippen MR) is 99.5 cm³/mol. The van der Waals surface area contributed by atoms with Crippen molar-refractivity contribution in [3.63, 3.8) is 0 Å². The molecule has 10 heteroatoms. The molecule has 0 atom stereocenters. The second-order valence-electron chi connectivity index (χ2n) is 5.41. The summed E-state index contributed by atoms with van der Waals surface area (Å²) in [4.78, 5) is 39.7. The minimum atomic E-state index is -0.663. The number of imide groups is 1. The third kappa shape index (κ3) is 5.85. The van der Waals surface area contributed by atoms with Crippen LogP contribution in [0.2, 0.25) is 0 Å². The van der Waals surface area contributed by atoms with E-state index in [9.17, 15) is 19.6 Å². The smallest absolute Gasteiger partial charge is 0.340 e. The number of nitriles is 1. The Bertz CT molecular complexity index is 905. The van der Waals surface area contributed by atoms with Crippen LogP contribution in [0.25, 0.3) is 0 Å². The minimum absolute atomic E-state index is 0.131. The first-order valence-electron chi connectivity index (χ1n) is 8.26. The monoisotopic (exact) mass is 402 g/mol. The number of esters is 1. The first kappa shape index (κ1) is 21.0. The van der Waals surface area contributed by atoms with E-state index in [2.05, 4.69) is 15.6 Å². The highest BCUT2D eigenvalue weighted by molar-refractivity contribution is 8.00. The van der Waals surface area contributed by atoms with Crippen molar-refractivity contribution in [1.29, 1.82) is 5.26 Å². The summed E-state index contributed by atoms with van der Waals surface area (Å²) in [6.45, 7) is 3.64. The van der Waals surface area contributed by atoms with Crippen LogP contribution in [-0.4, -0.2) is 35.3 Å². The standard InChI is InChI=1S/C18H18N4O5S/c1-3-26-17(24)14-7-12(8-19)16(21-11(14)2)28-10-15(23)22-18(25)20-9-13-5-4-6-27-13/h4-7H,3,9-10H2,1-2H3,(H2,20,22,23,25). The maximum atomic E-state index is 11.9. The molecule has 146 valence electrons. The molecular formula is C18H18N4O5S. The van der Waals surface area contributed by atoms with Gasteiger partial charge in [-0.3, -0.25) is 10.1 Å². The second-order valence-corrected chi connectivity index (χ2v) is 6.37. The summed E-state index contributed by atoms with van der Waals surface area (Å²) in [5, 5.41) is 14.2. The highest BCUT2D eigenvalue weighted by Gasteiger charge is 2.17. The van der Waals surface area contributed by atoms with Crippen molar-refractivity contribution in [2.24, 2.45) is 0 Å². The Morgan fingerprint density at radius 3 is 2.82 bits per heavy atom. The third-order valence-corrected chi connectivity index (χ3v) is 4.38. The van der Waals surface area contributed by atoms with Crippen LogP contribution in [0.5, 0.6) is 0 Å². The number of hydrogen-bond donors (Lipinski definition) is 2. The van der Waals surface area contributed by atoms with E-state index in [1.54, 1.807) is 26.0 Å². The Labute approximate surface area is 165 Å². The highest BCUT2D eigenvalue weighted by atomic mass is 32.2. The lowest BCUT2D eigenvalue weighted by Crippen LogP contribution is -2.39. The number of urea groups is 1. The van der Waals surface area contributed by atoms with Crippen molar-refractivity contribution in [2.75, 3.05) is 12.4 Å². The molecule has 0 saturated carbocycles. The van der Waals surface area contributed by atoms with Crippen molar-refractivity contribution >= 4 is 29.7 Å². The van der Waals surface area contributed by atoms with Gasteiger partial charge in [-0.05, 0) is 32.0 Å². The Hall–Kier alpha value is -3.32. The molecule has 2 heterocycles. The number of carbonyl (C=O) groups is 3. The zero-order valence-electron chi connectivity index (χ0n) is 15.3. The Morgan fingerprint density at radius 2 is 2.18 bits per heavy atom.